The molecule has 0 aromatic heterocycles. The molecule has 0 atom stereocenters. The van der Waals surface area contributed by atoms with Crippen LogP contribution in [0.5, 0.6) is 0 Å². The van der Waals surface area contributed by atoms with E-state index in [1.807, 2.05) is 0 Å². The quantitative estimate of drug-likeness (QED) is 0.786. The number of aliphatic carboxylic acids is 1. The van der Waals surface area contributed by atoms with Crippen molar-refractivity contribution < 1.29 is 19.4 Å². The largest absolute Gasteiger partial charge is 0.481 e. The van der Waals surface area contributed by atoms with Crippen LogP contribution >= 0.6 is 0 Å². The molecule has 0 bridgehead atoms. The van der Waals surface area contributed by atoms with Crippen LogP contribution in [0.4, 0.5) is 0 Å². The fourth-order valence-corrected chi connectivity index (χ4v) is 3.02. The third-order valence-electron chi connectivity index (χ3n) is 4.24. The highest BCUT2D eigenvalue weighted by atomic mass is 16.5. The molecule has 2 fully saturated rings. The van der Waals surface area contributed by atoms with E-state index in [1.54, 1.807) is 0 Å². The number of carboxylic acids is 1. The Morgan fingerprint density at radius 1 is 0.833 bits per heavy atom. The van der Waals surface area contributed by atoms with Gasteiger partial charge in [-0.05, 0) is 51.4 Å². The number of rotatable bonds is 3. The second-order valence-electron chi connectivity index (χ2n) is 5.58. The van der Waals surface area contributed by atoms with Gasteiger partial charge in [0.15, 0.2) is 0 Å². The third-order valence-corrected chi connectivity index (χ3v) is 4.24. The van der Waals surface area contributed by atoms with Crippen molar-refractivity contribution in [3.63, 3.8) is 0 Å². The van der Waals surface area contributed by atoms with Gasteiger partial charge in [-0.1, -0.05) is 6.42 Å². The van der Waals surface area contributed by atoms with E-state index < -0.39 is 5.97 Å². The highest BCUT2D eigenvalue weighted by molar-refractivity contribution is 5.74. The molecule has 0 spiro atoms. The number of esters is 1. The van der Waals surface area contributed by atoms with Crippen LogP contribution in [0.3, 0.4) is 0 Å². The Hall–Kier alpha value is -1.06. The second-order valence-corrected chi connectivity index (χ2v) is 5.58. The predicted octanol–water partition coefficient (Wildman–Crippen LogP) is 2.75. The molecule has 0 radical (unpaired) electrons. The number of carbonyl (C=O) groups excluding carboxylic acids is 1. The van der Waals surface area contributed by atoms with E-state index in [1.165, 1.54) is 6.42 Å². The Morgan fingerprint density at radius 3 is 1.94 bits per heavy atom. The van der Waals surface area contributed by atoms with Crippen molar-refractivity contribution in [3.8, 4) is 0 Å². The van der Waals surface area contributed by atoms with Gasteiger partial charge in [-0.15, -0.1) is 0 Å². The van der Waals surface area contributed by atoms with Crippen LogP contribution in [0, 0.1) is 11.8 Å². The molecule has 4 heteroatoms. The van der Waals surface area contributed by atoms with E-state index in [0.29, 0.717) is 25.7 Å². The minimum atomic E-state index is -0.728. The molecule has 0 aliphatic heterocycles. The Bertz CT molecular complexity index is 299. The maximum atomic E-state index is 12.0. The van der Waals surface area contributed by atoms with Crippen LogP contribution in [0.25, 0.3) is 0 Å². The number of hydrogen-bond donors (Lipinski definition) is 1. The van der Waals surface area contributed by atoms with Crippen molar-refractivity contribution in [1.29, 1.82) is 0 Å². The average Bonchev–Trinajstić information content (AvgIpc) is 2.40. The standard InChI is InChI=1S/C14H22O4/c15-13(16)10-6-8-11(9-7-10)14(17)18-12-4-2-1-3-5-12/h10-12H,1-9H2,(H,15,16). The fourth-order valence-electron chi connectivity index (χ4n) is 3.02. The lowest BCUT2D eigenvalue weighted by Gasteiger charge is -2.28. The van der Waals surface area contributed by atoms with Crippen LogP contribution in [0.2, 0.25) is 0 Å². The summed E-state index contributed by atoms with van der Waals surface area (Å²) in [6.07, 6.45) is 8.23. The van der Waals surface area contributed by atoms with Crippen molar-refractivity contribution in [3.05, 3.63) is 0 Å². The molecule has 0 aromatic carbocycles. The van der Waals surface area contributed by atoms with Crippen LogP contribution < -0.4 is 0 Å². The van der Waals surface area contributed by atoms with Crippen LogP contribution in [-0.4, -0.2) is 23.1 Å². The maximum absolute atomic E-state index is 12.0. The van der Waals surface area contributed by atoms with Crippen LogP contribution in [0.1, 0.15) is 57.8 Å². The molecule has 0 aromatic rings. The first-order chi connectivity index (χ1) is 8.66. The molecule has 0 unspecified atom stereocenters. The summed E-state index contributed by atoms with van der Waals surface area (Å²) in [7, 11) is 0. The number of ether oxygens (including phenoxy) is 1. The van der Waals surface area contributed by atoms with Gasteiger partial charge in [0.05, 0.1) is 11.8 Å². The maximum Gasteiger partial charge on any atom is 0.309 e. The van der Waals surface area contributed by atoms with Gasteiger partial charge >= 0.3 is 11.9 Å². The molecule has 4 nitrogen and oxygen atoms in total. The van der Waals surface area contributed by atoms with E-state index in [4.69, 9.17) is 9.84 Å². The molecule has 2 aliphatic rings. The molecule has 102 valence electrons. The molecule has 2 saturated carbocycles. The Morgan fingerprint density at radius 2 is 1.39 bits per heavy atom. The van der Waals surface area contributed by atoms with Crippen LogP contribution in [-0.2, 0) is 14.3 Å². The van der Waals surface area contributed by atoms with Gasteiger partial charge in [0, 0.05) is 0 Å². The minimum absolute atomic E-state index is 0.0671. The first-order valence-corrected chi connectivity index (χ1v) is 7.10. The Balaban J connectivity index is 1.75. The summed E-state index contributed by atoms with van der Waals surface area (Å²) in [5, 5.41) is 8.91. The van der Waals surface area contributed by atoms with Gasteiger partial charge in [0.1, 0.15) is 6.10 Å². The van der Waals surface area contributed by atoms with Crippen molar-refractivity contribution in [1.82, 2.24) is 0 Å². The van der Waals surface area contributed by atoms with Crippen molar-refractivity contribution in [2.45, 2.75) is 63.9 Å². The Kier molecular flexibility index (Phi) is 4.61. The molecule has 1 N–H and O–H groups in total. The third kappa shape index (κ3) is 3.47. The lowest BCUT2D eigenvalue weighted by molar-refractivity contribution is -0.158. The number of hydrogen-bond acceptors (Lipinski definition) is 3. The zero-order chi connectivity index (χ0) is 13.0. The van der Waals surface area contributed by atoms with E-state index in [0.717, 1.165) is 25.7 Å². The van der Waals surface area contributed by atoms with Gasteiger partial charge < -0.3 is 9.84 Å². The summed E-state index contributed by atoms with van der Waals surface area (Å²) in [5.74, 6) is -1.15. The smallest absolute Gasteiger partial charge is 0.309 e. The first kappa shape index (κ1) is 13.4. The molecule has 2 rings (SSSR count). The molecular weight excluding hydrogens is 232 g/mol. The lowest BCUT2D eigenvalue weighted by Crippen LogP contribution is -2.30. The van der Waals surface area contributed by atoms with E-state index in [-0.39, 0.29) is 23.9 Å². The number of carboxylic acid groups (broad SMARTS) is 1. The van der Waals surface area contributed by atoms with Gasteiger partial charge in [0.25, 0.3) is 0 Å². The Labute approximate surface area is 108 Å². The molecular formula is C14H22O4. The zero-order valence-electron chi connectivity index (χ0n) is 10.8. The van der Waals surface area contributed by atoms with Crippen molar-refractivity contribution in [2.24, 2.45) is 11.8 Å². The lowest BCUT2D eigenvalue weighted by atomic mass is 9.82. The SMILES string of the molecule is O=C(O)C1CCC(C(=O)OC2CCCCC2)CC1. The van der Waals surface area contributed by atoms with E-state index in [2.05, 4.69) is 0 Å². The van der Waals surface area contributed by atoms with Crippen molar-refractivity contribution in [2.75, 3.05) is 0 Å². The highest BCUT2D eigenvalue weighted by Gasteiger charge is 2.31. The summed E-state index contributed by atoms with van der Waals surface area (Å²) in [6, 6.07) is 0. The molecule has 2 aliphatic carbocycles. The molecule has 18 heavy (non-hydrogen) atoms. The summed E-state index contributed by atoms with van der Waals surface area (Å²) < 4.78 is 5.54. The van der Waals surface area contributed by atoms with Gasteiger partial charge in [0.2, 0.25) is 0 Å². The fraction of sp³-hybridized carbons (Fsp3) is 0.857. The van der Waals surface area contributed by atoms with Gasteiger partial charge in [-0.2, -0.15) is 0 Å². The van der Waals surface area contributed by atoms with Gasteiger partial charge in [-0.25, -0.2) is 0 Å². The zero-order valence-corrected chi connectivity index (χ0v) is 10.8. The summed E-state index contributed by atoms with van der Waals surface area (Å²) in [4.78, 5) is 22.8. The highest BCUT2D eigenvalue weighted by Crippen LogP contribution is 2.31. The number of carbonyl (C=O) groups is 2. The van der Waals surface area contributed by atoms with Crippen LogP contribution in [0.15, 0.2) is 0 Å². The van der Waals surface area contributed by atoms with Gasteiger partial charge in [-0.3, -0.25) is 9.59 Å². The molecule has 0 amide bonds. The second kappa shape index (κ2) is 6.21. The van der Waals surface area contributed by atoms with Crippen molar-refractivity contribution >= 4 is 11.9 Å². The summed E-state index contributed by atoms with van der Waals surface area (Å²) in [6.45, 7) is 0. The molecule has 0 saturated heterocycles. The predicted molar refractivity (Wildman–Crippen MR) is 66.0 cm³/mol. The minimum Gasteiger partial charge on any atom is -0.481 e. The first-order valence-electron chi connectivity index (χ1n) is 7.10. The average molecular weight is 254 g/mol. The van der Waals surface area contributed by atoms with E-state index >= 15 is 0 Å². The summed E-state index contributed by atoms with van der Waals surface area (Å²) in [5.41, 5.74) is 0. The molecule has 0 heterocycles. The summed E-state index contributed by atoms with van der Waals surface area (Å²) >= 11 is 0. The monoisotopic (exact) mass is 254 g/mol. The van der Waals surface area contributed by atoms with E-state index in [9.17, 15) is 9.59 Å². The normalized spacial score (nSPS) is 29.8. The topological polar surface area (TPSA) is 63.6 Å².